The van der Waals surface area contributed by atoms with Crippen molar-refractivity contribution in [2.24, 2.45) is 5.41 Å². The highest BCUT2D eigenvalue weighted by Gasteiger charge is 2.49. The minimum Gasteiger partial charge on any atom is -0.508 e. The molecule has 0 radical (unpaired) electrons. The van der Waals surface area contributed by atoms with Crippen LogP contribution in [0.5, 0.6) is 5.75 Å². The molecule has 22 heavy (non-hydrogen) atoms. The van der Waals surface area contributed by atoms with E-state index in [9.17, 15) is 9.90 Å². The van der Waals surface area contributed by atoms with Gasteiger partial charge in [-0.05, 0) is 55.4 Å². The van der Waals surface area contributed by atoms with Crippen LogP contribution in [0.4, 0.5) is 0 Å². The highest BCUT2D eigenvalue weighted by molar-refractivity contribution is 5.90. The van der Waals surface area contributed by atoms with Crippen molar-refractivity contribution in [3.05, 3.63) is 40.5 Å². The lowest BCUT2D eigenvalue weighted by molar-refractivity contribution is -0.127. The molecule has 1 saturated carbocycles. The molecule has 0 amide bonds. The molecule has 1 fully saturated rings. The number of hydrogen-bond acceptors (Lipinski definition) is 2. The molecular formula is C20H26O2. The van der Waals surface area contributed by atoms with Gasteiger partial charge in [0, 0.05) is 17.3 Å². The van der Waals surface area contributed by atoms with Crippen molar-refractivity contribution in [3.63, 3.8) is 0 Å². The molecule has 1 atom stereocenters. The number of allylic oxidation sites excluding steroid dienone is 2. The summed E-state index contributed by atoms with van der Waals surface area (Å²) in [6, 6.07) is 4.13. The number of phenolic OH excluding ortho intramolecular Hbond substituents is 1. The highest BCUT2D eigenvalue weighted by atomic mass is 16.3. The van der Waals surface area contributed by atoms with Gasteiger partial charge in [-0.25, -0.2) is 0 Å². The summed E-state index contributed by atoms with van der Waals surface area (Å²) in [5.74, 6) is 1.04. The van der Waals surface area contributed by atoms with Crippen LogP contribution in [0, 0.1) is 5.41 Å². The van der Waals surface area contributed by atoms with E-state index < -0.39 is 5.41 Å². The summed E-state index contributed by atoms with van der Waals surface area (Å²) in [7, 11) is 0. The van der Waals surface area contributed by atoms with Gasteiger partial charge in [-0.3, -0.25) is 4.79 Å². The normalized spacial score (nSPS) is 26.5. The van der Waals surface area contributed by atoms with Crippen LogP contribution in [0.3, 0.4) is 0 Å². The number of phenols is 1. The SMILES string of the molecule is CC(C)c1cc2c(cc1O)[C@]1(C)CCC(=O)C(C)(C)C1=CC2. The molecule has 118 valence electrons. The van der Waals surface area contributed by atoms with E-state index >= 15 is 0 Å². The maximum atomic E-state index is 12.3. The van der Waals surface area contributed by atoms with E-state index in [-0.39, 0.29) is 5.41 Å². The Hall–Kier alpha value is -1.57. The first-order valence-electron chi connectivity index (χ1n) is 8.28. The van der Waals surface area contributed by atoms with Crippen LogP contribution in [0.1, 0.15) is 70.1 Å². The molecule has 0 spiro atoms. The lowest BCUT2D eigenvalue weighted by Gasteiger charge is -2.48. The molecule has 0 saturated heterocycles. The van der Waals surface area contributed by atoms with Crippen molar-refractivity contribution in [1.29, 1.82) is 0 Å². The second kappa shape index (κ2) is 4.71. The molecule has 0 aliphatic heterocycles. The van der Waals surface area contributed by atoms with E-state index in [1.807, 2.05) is 19.9 Å². The van der Waals surface area contributed by atoms with Gasteiger partial charge in [-0.2, -0.15) is 0 Å². The maximum Gasteiger partial charge on any atom is 0.142 e. The fourth-order valence-corrected chi connectivity index (χ4v) is 4.42. The molecule has 0 unspecified atom stereocenters. The third-order valence-electron chi connectivity index (χ3n) is 5.81. The predicted molar refractivity (Wildman–Crippen MR) is 89.4 cm³/mol. The maximum absolute atomic E-state index is 12.3. The zero-order valence-corrected chi connectivity index (χ0v) is 14.3. The van der Waals surface area contributed by atoms with Gasteiger partial charge in [-0.1, -0.05) is 38.5 Å². The van der Waals surface area contributed by atoms with Crippen LogP contribution in [0.15, 0.2) is 23.8 Å². The first-order valence-corrected chi connectivity index (χ1v) is 8.28. The number of carbonyl (C=O) groups excluding carboxylic acids is 1. The lowest BCUT2D eigenvalue weighted by Crippen LogP contribution is -2.45. The monoisotopic (exact) mass is 298 g/mol. The fourth-order valence-electron chi connectivity index (χ4n) is 4.42. The number of fused-ring (bicyclic) bond motifs is 3. The second-order valence-electron chi connectivity index (χ2n) is 7.93. The Bertz CT molecular complexity index is 679. The predicted octanol–water partition coefficient (Wildman–Crippen LogP) is 4.64. The quantitative estimate of drug-likeness (QED) is 0.767. The first-order chi connectivity index (χ1) is 10.2. The topological polar surface area (TPSA) is 37.3 Å². The van der Waals surface area contributed by atoms with Crippen LogP contribution in [-0.4, -0.2) is 10.9 Å². The van der Waals surface area contributed by atoms with Crippen LogP contribution >= 0.6 is 0 Å². The molecule has 1 aromatic rings. The lowest BCUT2D eigenvalue weighted by atomic mass is 9.55. The number of carbonyl (C=O) groups is 1. The van der Waals surface area contributed by atoms with Crippen molar-refractivity contribution in [2.75, 3.05) is 0 Å². The number of Topliss-reactive ketones (excluding diaryl/α,β-unsaturated/α-hetero) is 1. The third kappa shape index (κ3) is 1.96. The third-order valence-corrected chi connectivity index (χ3v) is 5.81. The Balaban J connectivity index is 2.18. The molecule has 0 aromatic heterocycles. The second-order valence-corrected chi connectivity index (χ2v) is 7.93. The van der Waals surface area contributed by atoms with Crippen molar-refractivity contribution in [1.82, 2.24) is 0 Å². The van der Waals surface area contributed by atoms with Crippen LogP contribution in [0.2, 0.25) is 0 Å². The summed E-state index contributed by atoms with van der Waals surface area (Å²) in [6.45, 7) is 10.5. The smallest absolute Gasteiger partial charge is 0.142 e. The number of rotatable bonds is 1. The molecule has 1 aromatic carbocycles. The van der Waals surface area contributed by atoms with Gasteiger partial charge in [0.05, 0.1) is 0 Å². The number of ketones is 1. The van der Waals surface area contributed by atoms with Gasteiger partial charge < -0.3 is 5.11 Å². The van der Waals surface area contributed by atoms with Crippen LogP contribution < -0.4 is 0 Å². The Kier molecular flexibility index (Phi) is 3.28. The van der Waals surface area contributed by atoms with Gasteiger partial charge in [0.15, 0.2) is 0 Å². The molecule has 0 bridgehead atoms. The number of hydrogen-bond donors (Lipinski definition) is 1. The van der Waals surface area contributed by atoms with E-state index in [4.69, 9.17) is 0 Å². The minimum atomic E-state index is -0.392. The van der Waals surface area contributed by atoms with Crippen molar-refractivity contribution in [2.45, 2.75) is 65.2 Å². The van der Waals surface area contributed by atoms with Gasteiger partial charge in [0.1, 0.15) is 11.5 Å². The molecule has 3 rings (SSSR count). The Morgan fingerprint density at radius 3 is 2.50 bits per heavy atom. The van der Waals surface area contributed by atoms with Gasteiger partial charge in [-0.15, -0.1) is 0 Å². The van der Waals surface area contributed by atoms with Gasteiger partial charge in [0.2, 0.25) is 0 Å². The summed E-state index contributed by atoms with van der Waals surface area (Å²) >= 11 is 0. The van der Waals surface area contributed by atoms with Crippen LogP contribution in [0.25, 0.3) is 0 Å². The van der Waals surface area contributed by atoms with E-state index in [1.54, 1.807) is 0 Å². The molecule has 2 nitrogen and oxygen atoms in total. The molecular weight excluding hydrogens is 272 g/mol. The minimum absolute atomic E-state index is 0.127. The average molecular weight is 298 g/mol. The van der Waals surface area contributed by atoms with E-state index in [2.05, 4.69) is 32.9 Å². The Morgan fingerprint density at radius 2 is 1.86 bits per heavy atom. The molecule has 2 aliphatic carbocycles. The summed E-state index contributed by atoms with van der Waals surface area (Å²) < 4.78 is 0. The van der Waals surface area contributed by atoms with Crippen LogP contribution in [-0.2, 0) is 16.6 Å². The molecule has 1 N–H and O–H groups in total. The summed E-state index contributed by atoms with van der Waals surface area (Å²) in [4.78, 5) is 12.3. The van der Waals surface area contributed by atoms with E-state index in [1.165, 1.54) is 16.7 Å². The van der Waals surface area contributed by atoms with Gasteiger partial charge >= 0.3 is 0 Å². The molecule has 2 heteroatoms. The fraction of sp³-hybridized carbons (Fsp3) is 0.550. The Morgan fingerprint density at radius 1 is 1.18 bits per heavy atom. The van der Waals surface area contributed by atoms with Gasteiger partial charge in [0.25, 0.3) is 0 Å². The van der Waals surface area contributed by atoms with Crippen molar-refractivity contribution in [3.8, 4) is 5.75 Å². The summed E-state index contributed by atoms with van der Waals surface area (Å²) in [5, 5.41) is 10.4. The Labute approximate surface area is 133 Å². The summed E-state index contributed by atoms with van der Waals surface area (Å²) in [6.07, 6.45) is 4.58. The standard InChI is InChI=1S/C20H26O2/c1-12(2)14-10-13-6-7-17-19(3,4)18(22)8-9-20(17,5)15(13)11-16(14)21/h7,10-12,21H,6,8-9H2,1-5H3/t20-/m0/s1. The zero-order valence-electron chi connectivity index (χ0n) is 14.3. The van der Waals surface area contributed by atoms with Crippen molar-refractivity contribution >= 4 is 5.78 Å². The molecule has 2 aliphatic rings. The number of aromatic hydroxyl groups is 1. The summed E-state index contributed by atoms with van der Waals surface area (Å²) in [5.41, 5.74) is 4.26. The first kappa shape index (κ1) is 15.3. The van der Waals surface area contributed by atoms with E-state index in [0.717, 1.165) is 18.4 Å². The average Bonchev–Trinajstić information content (AvgIpc) is 2.43. The zero-order chi connectivity index (χ0) is 16.3. The largest absolute Gasteiger partial charge is 0.508 e. The number of benzene rings is 1. The van der Waals surface area contributed by atoms with Crippen molar-refractivity contribution < 1.29 is 9.90 Å². The molecule has 0 heterocycles. The highest BCUT2D eigenvalue weighted by Crippen LogP contribution is 2.54. The van der Waals surface area contributed by atoms with E-state index in [0.29, 0.717) is 23.9 Å².